The third-order valence-corrected chi connectivity index (χ3v) is 16.0. The van der Waals surface area contributed by atoms with Crippen molar-refractivity contribution in [3.63, 3.8) is 0 Å². The van der Waals surface area contributed by atoms with Crippen molar-refractivity contribution in [2.24, 2.45) is 27.1 Å². The monoisotopic (exact) mass is 1230 g/mol. The molecule has 8 rings (SSSR count). The van der Waals surface area contributed by atoms with E-state index in [1.807, 2.05) is 122 Å². The van der Waals surface area contributed by atoms with Gasteiger partial charge in [0.1, 0.15) is 53.5 Å². The van der Waals surface area contributed by atoms with Gasteiger partial charge in [-0.15, -0.1) is 0 Å². The van der Waals surface area contributed by atoms with Crippen molar-refractivity contribution in [3.05, 3.63) is 163 Å². The molecule has 0 saturated carbocycles. The molecule has 0 aliphatic heterocycles. The van der Waals surface area contributed by atoms with Gasteiger partial charge in [-0.3, -0.25) is 24.0 Å². The number of carbonyl (C=O) groups is 5. The van der Waals surface area contributed by atoms with Crippen molar-refractivity contribution in [2.75, 3.05) is 0 Å². The maximum absolute atomic E-state index is 12.1. The van der Waals surface area contributed by atoms with Crippen molar-refractivity contribution in [2.45, 2.75) is 149 Å². The lowest BCUT2D eigenvalue weighted by molar-refractivity contribution is -0.156. The molecule has 0 unspecified atom stereocenters. The molecule has 0 spiro atoms. The number of phenolic OH excluding ortho intramolecular Hbond substituents is 6. The predicted octanol–water partition coefficient (Wildman–Crippen LogP) is 17.1. The highest BCUT2D eigenvalue weighted by Gasteiger charge is 2.31. The van der Waals surface area contributed by atoms with Crippen LogP contribution in [0.2, 0.25) is 0 Å². The summed E-state index contributed by atoms with van der Waals surface area (Å²) in [5.41, 5.74) is -0.911. The van der Waals surface area contributed by atoms with Crippen LogP contribution in [0, 0.1) is 27.1 Å². The quantitative estimate of drug-likeness (QED) is 0.0282. The number of fused-ring (bicyclic) bond motifs is 3. The van der Waals surface area contributed by atoms with Crippen LogP contribution < -0.4 is 14.2 Å². The predicted molar refractivity (Wildman–Crippen MR) is 352 cm³/mol. The van der Waals surface area contributed by atoms with Crippen molar-refractivity contribution in [3.8, 4) is 51.7 Å². The highest BCUT2D eigenvalue weighted by atomic mass is 16.6. The van der Waals surface area contributed by atoms with E-state index in [0.717, 1.165) is 51.8 Å². The zero-order valence-electron chi connectivity index (χ0n) is 54.6. The number of ether oxygens (including phenoxy) is 5. The molecule has 0 aliphatic carbocycles. The Morgan fingerprint density at radius 3 is 1.24 bits per heavy atom. The fraction of sp³-hybridized carbons (Fsp3) is 0.365. The number of hydrogen-bond donors (Lipinski definition) is 6. The van der Waals surface area contributed by atoms with Crippen LogP contribution in [0.1, 0.15) is 147 Å². The number of benzene rings is 8. The summed E-state index contributed by atoms with van der Waals surface area (Å²) in [4.78, 5) is 59.5. The van der Waals surface area contributed by atoms with Crippen LogP contribution in [-0.4, -0.2) is 60.5 Å². The number of rotatable bonds is 17. The molecule has 0 heterocycles. The van der Waals surface area contributed by atoms with Crippen molar-refractivity contribution >= 4 is 62.2 Å². The van der Waals surface area contributed by atoms with Crippen molar-refractivity contribution in [1.82, 2.24) is 0 Å². The van der Waals surface area contributed by atoms with Gasteiger partial charge >= 0.3 is 29.8 Å². The van der Waals surface area contributed by atoms with Gasteiger partial charge in [-0.1, -0.05) is 101 Å². The van der Waals surface area contributed by atoms with Crippen LogP contribution in [-0.2, 0) is 46.7 Å². The molecule has 16 nitrogen and oxygen atoms in total. The SMILES string of the molecule is CCC(C)(C)C(=O)OCc1ccc(O)c(O)c1.CCC(C)(C)C(=O)OCc1ccc(O)cc1.CCC(C)(C)C(=O)Oc1ccc2c(O)cccc2c1.CCC(C)(C)C(=O)Oc1ccc2cc(O)ccc2c1.CCC(C)(C)C(=O)Oc1cccc2c(O)cccc12. The molecule has 0 aromatic heterocycles. The molecule has 0 saturated heterocycles. The standard InChI is InChI=1S/3C16H18O3.C13H18O4.C13H18O3/c1-4-16(2,3)15(18)19-14-10-6-7-11-12(14)8-5-9-13(11)17;1-4-16(2,3)15(18)19-14-8-6-11-9-13(17)7-5-12(11)10-14;1-4-16(2,3)15(18)19-12-8-9-13-11(10-12)6-5-7-14(13)17;1-4-13(2,3)12(16)17-8-9-5-6-10(14)11(15)7-9;1-4-13(2,3)12(15)16-9-10-5-7-11(14)8-6-10/h3*5-10,17H,4H2,1-3H3;5-7,14-15H,4,8H2,1-3H3;5-8,14H,4,9H2,1-3H3. The lowest BCUT2D eigenvalue weighted by atomic mass is 9.90. The smallest absolute Gasteiger partial charge is 0.316 e. The summed E-state index contributed by atoms with van der Waals surface area (Å²) >= 11 is 0. The maximum atomic E-state index is 12.1. The van der Waals surface area contributed by atoms with Gasteiger partial charge in [-0.05, 0) is 214 Å². The normalized spacial score (nSPS) is 11.4. The summed E-state index contributed by atoms with van der Waals surface area (Å²) in [5.74, 6) is 0.781. The summed E-state index contributed by atoms with van der Waals surface area (Å²) < 4.78 is 26.6. The van der Waals surface area contributed by atoms with Crippen LogP contribution in [0.15, 0.2) is 152 Å². The van der Waals surface area contributed by atoms with Crippen molar-refractivity contribution in [1.29, 1.82) is 0 Å². The van der Waals surface area contributed by atoms with E-state index in [0.29, 0.717) is 41.0 Å². The molecule has 482 valence electrons. The van der Waals surface area contributed by atoms with Gasteiger partial charge in [0, 0.05) is 16.2 Å². The number of aromatic hydroxyl groups is 6. The fourth-order valence-electron chi connectivity index (χ4n) is 7.33. The minimum Gasteiger partial charge on any atom is -0.508 e. The molecule has 0 bridgehead atoms. The summed E-state index contributed by atoms with van der Waals surface area (Å²) in [5, 5.41) is 61.3. The first-order chi connectivity index (χ1) is 42.1. The molecule has 90 heavy (non-hydrogen) atoms. The van der Waals surface area contributed by atoms with Crippen molar-refractivity contribution < 1.29 is 78.3 Å². The average Bonchev–Trinajstić information content (AvgIpc) is 0.977. The fourth-order valence-corrected chi connectivity index (χ4v) is 7.33. The molecule has 0 radical (unpaired) electrons. The minimum absolute atomic E-state index is 0.0934. The Morgan fingerprint density at radius 2 is 0.722 bits per heavy atom. The van der Waals surface area contributed by atoms with Gasteiger partial charge in [0.25, 0.3) is 0 Å². The summed E-state index contributed by atoms with van der Waals surface area (Å²) in [7, 11) is 0. The van der Waals surface area contributed by atoms with Gasteiger partial charge < -0.3 is 54.3 Å². The molecular weight excluding hydrogens is 1140 g/mol. The second-order valence-electron chi connectivity index (χ2n) is 25.0. The van der Waals surface area contributed by atoms with E-state index in [-0.39, 0.29) is 77.6 Å². The van der Waals surface area contributed by atoms with E-state index in [9.17, 15) is 44.4 Å². The first kappa shape index (κ1) is 73.2. The number of carbonyl (C=O) groups excluding carboxylic acids is 5. The molecule has 6 N–H and O–H groups in total. The Hall–Kier alpha value is -9.31. The summed E-state index contributed by atoms with van der Waals surface area (Å²) in [6.45, 7) is 28.7. The molecule has 0 fully saturated rings. The summed E-state index contributed by atoms with van der Waals surface area (Å²) in [6.07, 6.45) is 3.61. The lowest BCUT2D eigenvalue weighted by Gasteiger charge is -2.20. The Morgan fingerprint density at radius 1 is 0.322 bits per heavy atom. The van der Waals surface area contributed by atoms with Gasteiger partial charge in [0.05, 0.1) is 27.1 Å². The third kappa shape index (κ3) is 21.2. The molecule has 0 aliphatic rings. The second kappa shape index (κ2) is 32.3. The first-order valence-corrected chi connectivity index (χ1v) is 30.1. The van der Waals surface area contributed by atoms with Gasteiger partial charge in [-0.25, -0.2) is 0 Å². The molecule has 16 heteroatoms. The number of esters is 5. The Bertz CT molecular complexity index is 3720. The van der Waals surface area contributed by atoms with Gasteiger partial charge in [0.15, 0.2) is 11.5 Å². The molecule has 8 aromatic carbocycles. The first-order valence-electron chi connectivity index (χ1n) is 30.1. The minimum atomic E-state index is -0.515. The Labute approximate surface area is 529 Å². The Balaban J connectivity index is 0.000000241. The van der Waals surface area contributed by atoms with E-state index in [2.05, 4.69) is 0 Å². The zero-order valence-corrected chi connectivity index (χ0v) is 54.6. The Kier molecular flexibility index (Phi) is 26.2. The second-order valence-corrected chi connectivity index (χ2v) is 25.0. The lowest BCUT2D eigenvalue weighted by Crippen LogP contribution is -2.28. The molecule has 0 amide bonds. The molecule has 0 atom stereocenters. The van der Waals surface area contributed by atoms with E-state index in [1.54, 1.807) is 121 Å². The van der Waals surface area contributed by atoms with Crippen LogP contribution in [0.5, 0.6) is 51.7 Å². The third-order valence-electron chi connectivity index (χ3n) is 16.0. The topological polar surface area (TPSA) is 253 Å². The highest BCUT2D eigenvalue weighted by molar-refractivity contribution is 5.95. The zero-order chi connectivity index (χ0) is 67.4. The van der Waals surface area contributed by atoms with E-state index in [4.69, 9.17) is 33.9 Å². The molecule has 8 aromatic rings. The largest absolute Gasteiger partial charge is 0.508 e. The van der Waals surface area contributed by atoms with Gasteiger partial charge in [-0.2, -0.15) is 0 Å². The maximum Gasteiger partial charge on any atom is 0.316 e. The van der Waals surface area contributed by atoms with E-state index in [1.165, 1.54) is 12.1 Å². The van der Waals surface area contributed by atoms with Gasteiger partial charge in [0.2, 0.25) is 0 Å². The summed E-state index contributed by atoms with van der Waals surface area (Å²) in [6, 6.07) is 42.4. The highest BCUT2D eigenvalue weighted by Crippen LogP contribution is 2.35. The van der Waals surface area contributed by atoms with Crippen LogP contribution in [0.3, 0.4) is 0 Å². The van der Waals surface area contributed by atoms with Crippen LogP contribution in [0.4, 0.5) is 0 Å². The molecular formula is C74H90O16. The van der Waals surface area contributed by atoms with E-state index >= 15 is 0 Å². The number of hydrogen-bond acceptors (Lipinski definition) is 16. The average molecular weight is 1240 g/mol. The number of phenols is 6. The van der Waals surface area contributed by atoms with E-state index < -0.39 is 27.1 Å². The van der Waals surface area contributed by atoms with Crippen LogP contribution >= 0.6 is 0 Å². The van der Waals surface area contributed by atoms with Crippen LogP contribution in [0.25, 0.3) is 32.3 Å².